The van der Waals surface area contributed by atoms with Crippen molar-refractivity contribution in [1.29, 1.82) is 0 Å². The number of hydrogen-bond donors (Lipinski definition) is 2. The van der Waals surface area contributed by atoms with Gasteiger partial charge >= 0.3 is 0 Å². The lowest BCUT2D eigenvalue weighted by Crippen LogP contribution is -2.52. The molecule has 1 atom stereocenters. The molecular formula is C18H24ClN3O. The number of aromatic nitrogens is 1. The highest BCUT2D eigenvalue weighted by Gasteiger charge is 2.28. The second kappa shape index (κ2) is 6.38. The Morgan fingerprint density at radius 3 is 2.70 bits per heavy atom. The van der Waals surface area contributed by atoms with Crippen molar-refractivity contribution in [2.24, 2.45) is 12.8 Å². The van der Waals surface area contributed by atoms with Crippen LogP contribution in [-0.2, 0) is 7.05 Å². The Kier molecular flexibility index (Phi) is 4.87. The Morgan fingerprint density at radius 1 is 1.48 bits per heavy atom. The minimum Gasteiger partial charge on any atom is -0.341 e. The van der Waals surface area contributed by atoms with Gasteiger partial charge in [0.25, 0.3) is 5.91 Å². The number of carbonyl (C=O) groups excluding carboxylic acids is 1. The van der Waals surface area contributed by atoms with Crippen LogP contribution in [-0.4, -0.2) is 22.6 Å². The molecule has 0 radical (unpaired) electrons. The summed E-state index contributed by atoms with van der Waals surface area (Å²) in [6, 6.07) is 5.77. The molecule has 1 aromatic carbocycles. The first-order valence-electron chi connectivity index (χ1n) is 7.65. The summed E-state index contributed by atoms with van der Waals surface area (Å²) in [6.07, 6.45) is 1.97. The van der Waals surface area contributed by atoms with Crippen molar-refractivity contribution >= 4 is 28.4 Å². The Bertz CT molecular complexity index is 791. The number of nitrogens with two attached hydrogens (primary N) is 1. The SMILES string of the molecule is C/C=C(\C)C(C)(CN)NC(=O)c1cc2c(Cl)c(C)ccc2n1C. The van der Waals surface area contributed by atoms with Crippen LogP contribution in [0.15, 0.2) is 29.8 Å². The Hall–Kier alpha value is -1.78. The van der Waals surface area contributed by atoms with Crippen molar-refractivity contribution < 1.29 is 4.79 Å². The summed E-state index contributed by atoms with van der Waals surface area (Å²) >= 11 is 6.38. The fourth-order valence-electron chi connectivity index (χ4n) is 2.65. The molecule has 5 heteroatoms. The normalized spacial score (nSPS) is 14.8. The minimum absolute atomic E-state index is 0.161. The predicted octanol–water partition coefficient (Wildman–Crippen LogP) is 3.55. The summed E-state index contributed by atoms with van der Waals surface area (Å²) in [5.74, 6) is -0.161. The highest BCUT2D eigenvalue weighted by molar-refractivity contribution is 6.36. The summed E-state index contributed by atoms with van der Waals surface area (Å²) < 4.78 is 1.86. The smallest absolute Gasteiger partial charge is 0.268 e. The third kappa shape index (κ3) is 3.01. The van der Waals surface area contributed by atoms with Crippen molar-refractivity contribution in [3.05, 3.63) is 46.1 Å². The molecule has 2 aromatic rings. The van der Waals surface area contributed by atoms with E-state index in [1.54, 1.807) is 0 Å². The molecule has 0 aliphatic heterocycles. The lowest BCUT2D eigenvalue weighted by molar-refractivity contribution is 0.0913. The van der Waals surface area contributed by atoms with E-state index in [0.717, 1.165) is 22.0 Å². The molecule has 0 saturated carbocycles. The number of carbonyl (C=O) groups is 1. The maximum Gasteiger partial charge on any atom is 0.268 e. The number of halogens is 1. The molecule has 1 aromatic heterocycles. The quantitative estimate of drug-likeness (QED) is 0.840. The topological polar surface area (TPSA) is 60.0 Å². The molecule has 0 spiro atoms. The highest BCUT2D eigenvalue weighted by Crippen LogP contribution is 2.29. The molecule has 23 heavy (non-hydrogen) atoms. The number of nitrogens with one attached hydrogen (secondary N) is 1. The number of benzene rings is 1. The van der Waals surface area contributed by atoms with Crippen LogP contribution in [0.1, 0.15) is 36.8 Å². The van der Waals surface area contributed by atoms with Gasteiger partial charge in [0.2, 0.25) is 0 Å². The summed E-state index contributed by atoms with van der Waals surface area (Å²) in [4.78, 5) is 12.8. The fraction of sp³-hybridized carbons (Fsp3) is 0.389. The third-order valence-electron chi connectivity index (χ3n) is 4.69. The average molecular weight is 334 g/mol. The maximum atomic E-state index is 12.8. The minimum atomic E-state index is -0.567. The summed E-state index contributed by atoms with van der Waals surface area (Å²) in [6.45, 7) is 8.12. The zero-order valence-corrected chi connectivity index (χ0v) is 15.1. The van der Waals surface area contributed by atoms with Crippen LogP contribution >= 0.6 is 11.6 Å². The average Bonchev–Trinajstić information content (AvgIpc) is 2.87. The Balaban J connectivity index is 2.46. The van der Waals surface area contributed by atoms with Gasteiger partial charge in [-0.1, -0.05) is 29.3 Å². The molecule has 124 valence electrons. The van der Waals surface area contributed by atoms with Crippen LogP contribution in [0, 0.1) is 6.92 Å². The summed E-state index contributed by atoms with van der Waals surface area (Å²) in [5.41, 5.74) is 8.84. The number of fused-ring (bicyclic) bond motifs is 1. The van der Waals surface area contributed by atoms with E-state index in [-0.39, 0.29) is 5.91 Å². The number of allylic oxidation sites excluding steroid dienone is 1. The van der Waals surface area contributed by atoms with Crippen molar-refractivity contribution in [3.63, 3.8) is 0 Å². The van der Waals surface area contributed by atoms with Crippen LogP contribution in [0.3, 0.4) is 0 Å². The van der Waals surface area contributed by atoms with Gasteiger partial charge in [-0.3, -0.25) is 4.79 Å². The van der Waals surface area contributed by atoms with Crippen LogP contribution < -0.4 is 11.1 Å². The molecule has 0 aliphatic rings. The van der Waals surface area contributed by atoms with Gasteiger partial charge in [0.05, 0.1) is 10.6 Å². The molecule has 2 rings (SSSR count). The fourth-order valence-corrected chi connectivity index (χ4v) is 2.86. The predicted molar refractivity (Wildman–Crippen MR) is 97.0 cm³/mol. The zero-order valence-electron chi connectivity index (χ0n) is 14.3. The molecule has 1 unspecified atom stereocenters. The van der Waals surface area contributed by atoms with Gasteiger partial charge in [-0.25, -0.2) is 0 Å². The molecule has 0 bridgehead atoms. The zero-order chi connectivity index (χ0) is 17.4. The summed E-state index contributed by atoms with van der Waals surface area (Å²) in [5, 5.41) is 4.62. The van der Waals surface area contributed by atoms with Crippen molar-refractivity contribution in [1.82, 2.24) is 9.88 Å². The summed E-state index contributed by atoms with van der Waals surface area (Å²) in [7, 11) is 1.87. The van der Waals surface area contributed by atoms with Crippen molar-refractivity contribution in [2.75, 3.05) is 6.54 Å². The van der Waals surface area contributed by atoms with Gasteiger partial charge in [0, 0.05) is 24.5 Å². The first-order valence-corrected chi connectivity index (χ1v) is 8.03. The number of hydrogen-bond acceptors (Lipinski definition) is 2. The van der Waals surface area contributed by atoms with Gasteiger partial charge in [-0.05, 0) is 45.4 Å². The first kappa shape index (κ1) is 17.6. The monoisotopic (exact) mass is 333 g/mol. The molecule has 1 heterocycles. The van der Waals surface area contributed by atoms with E-state index in [2.05, 4.69) is 5.32 Å². The molecule has 0 aliphatic carbocycles. The second-order valence-electron chi connectivity index (χ2n) is 6.18. The van der Waals surface area contributed by atoms with Crippen molar-refractivity contribution in [3.8, 4) is 0 Å². The molecule has 4 nitrogen and oxygen atoms in total. The van der Waals surface area contributed by atoms with E-state index >= 15 is 0 Å². The lowest BCUT2D eigenvalue weighted by Gasteiger charge is -2.30. The van der Waals surface area contributed by atoms with E-state index < -0.39 is 5.54 Å². The number of amides is 1. The number of nitrogens with zero attached hydrogens (tertiary/aromatic N) is 1. The van der Waals surface area contributed by atoms with Crippen LogP contribution in [0.4, 0.5) is 0 Å². The third-order valence-corrected chi connectivity index (χ3v) is 5.19. The Morgan fingerprint density at radius 2 is 2.13 bits per heavy atom. The second-order valence-corrected chi connectivity index (χ2v) is 6.56. The Labute approximate surface area is 142 Å². The van der Waals surface area contributed by atoms with E-state index in [1.165, 1.54) is 0 Å². The standard InChI is InChI=1S/C18H24ClN3O/c1-6-12(3)18(4,10-20)21-17(23)15-9-13-14(22(15)5)8-7-11(2)16(13)19/h6-9H,10,20H2,1-5H3,(H,21,23)/b12-6+. The molecular weight excluding hydrogens is 310 g/mol. The van der Waals surface area contributed by atoms with Gasteiger partial charge in [0.15, 0.2) is 0 Å². The molecule has 3 N–H and O–H groups in total. The van der Waals surface area contributed by atoms with Gasteiger partial charge < -0.3 is 15.6 Å². The van der Waals surface area contributed by atoms with Crippen LogP contribution in [0.2, 0.25) is 5.02 Å². The van der Waals surface area contributed by atoms with Crippen molar-refractivity contribution in [2.45, 2.75) is 33.2 Å². The van der Waals surface area contributed by atoms with Gasteiger partial charge in [-0.2, -0.15) is 0 Å². The maximum absolute atomic E-state index is 12.8. The van der Waals surface area contributed by atoms with Crippen LogP contribution in [0.5, 0.6) is 0 Å². The van der Waals surface area contributed by atoms with E-state index in [1.807, 2.05) is 63.6 Å². The molecule has 0 fully saturated rings. The molecule has 1 amide bonds. The number of aryl methyl sites for hydroxylation is 2. The van der Waals surface area contributed by atoms with Crippen LogP contribution in [0.25, 0.3) is 10.9 Å². The lowest BCUT2D eigenvalue weighted by atomic mass is 9.92. The number of rotatable bonds is 4. The van der Waals surface area contributed by atoms with E-state index in [4.69, 9.17) is 17.3 Å². The van der Waals surface area contributed by atoms with E-state index in [0.29, 0.717) is 17.3 Å². The van der Waals surface area contributed by atoms with Gasteiger partial charge in [-0.15, -0.1) is 0 Å². The van der Waals surface area contributed by atoms with Gasteiger partial charge in [0.1, 0.15) is 5.69 Å². The largest absolute Gasteiger partial charge is 0.341 e. The van der Waals surface area contributed by atoms with E-state index in [9.17, 15) is 4.79 Å². The molecule has 0 saturated heterocycles. The first-order chi connectivity index (χ1) is 10.7. The highest BCUT2D eigenvalue weighted by atomic mass is 35.5.